The standard InChI is InChI=1S/C13H21NO5/c1-10-11(19-8-7-18-10)12(16)14-5-2-3-13(17,9-15)4-6-14/h15,17H,2-9H2,1H3. The van der Waals surface area contributed by atoms with Crippen molar-refractivity contribution in [3.63, 3.8) is 0 Å². The maximum Gasteiger partial charge on any atom is 0.292 e. The van der Waals surface area contributed by atoms with Crippen LogP contribution >= 0.6 is 0 Å². The van der Waals surface area contributed by atoms with Crippen molar-refractivity contribution in [2.75, 3.05) is 32.9 Å². The lowest BCUT2D eigenvalue weighted by Gasteiger charge is -2.26. The van der Waals surface area contributed by atoms with Crippen LogP contribution in [-0.2, 0) is 14.3 Å². The third kappa shape index (κ3) is 3.19. The zero-order valence-electron chi connectivity index (χ0n) is 11.2. The van der Waals surface area contributed by atoms with Gasteiger partial charge < -0.3 is 24.6 Å². The number of ether oxygens (including phenoxy) is 2. The van der Waals surface area contributed by atoms with E-state index >= 15 is 0 Å². The molecule has 2 N–H and O–H groups in total. The number of amides is 1. The van der Waals surface area contributed by atoms with Crippen LogP contribution in [0.3, 0.4) is 0 Å². The second-order valence-electron chi connectivity index (χ2n) is 5.11. The van der Waals surface area contributed by atoms with E-state index in [1.165, 1.54) is 0 Å². The number of allylic oxidation sites excluding steroid dienone is 1. The molecule has 0 bridgehead atoms. The van der Waals surface area contributed by atoms with Gasteiger partial charge in [-0.05, 0) is 26.2 Å². The van der Waals surface area contributed by atoms with Crippen molar-refractivity contribution in [3.05, 3.63) is 11.5 Å². The Morgan fingerprint density at radius 1 is 1.32 bits per heavy atom. The zero-order chi connectivity index (χ0) is 13.9. The van der Waals surface area contributed by atoms with Gasteiger partial charge in [0.05, 0.1) is 12.2 Å². The van der Waals surface area contributed by atoms with Crippen LogP contribution in [0.2, 0.25) is 0 Å². The molecule has 1 amide bonds. The van der Waals surface area contributed by atoms with Gasteiger partial charge in [0.15, 0.2) is 0 Å². The Hall–Kier alpha value is -1.27. The quantitative estimate of drug-likeness (QED) is 0.739. The predicted molar refractivity (Wildman–Crippen MR) is 67.1 cm³/mol. The molecule has 1 atom stereocenters. The lowest BCUT2D eigenvalue weighted by molar-refractivity contribution is -0.133. The first-order chi connectivity index (χ1) is 9.06. The number of likely N-dealkylation sites (tertiary alicyclic amines) is 1. The van der Waals surface area contributed by atoms with Crippen molar-refractivity contribution in [2.45, 2.75) is 31.8 Å². The highest BCUT2D eigenvalue weighted by molar-refractivity contribution is 5.92. The Kier molecular flexibility index (Phi) is 4.31. The average Bonchev–Trinajstić information content (AvgIpc) is 2.61. The summed E-state index contributed by atoms with van der Waals surface area (Å²) in [6.07, 6.45) is 1.54. The predicted octanol–water partition coefficient (Wildman–Crippen LogP) is 0.000600. The highest BCUT2D eigenvalue weighted by Gasteiger charge is 2.33. The van der Waals surface area contributed by atoms with Gasteiger partial charge in [-0.1, -0.05) is 0 Å². The van der Waals surface area contributed by atoms with E-state index in [0.29, 0.717) is 51.3 Å². The number of rotatable bonds is 2. The summed E-state index contributed by atoms with van der Waals surface area (Å²) in [6.45, 7) is 3.27. The second kappa shape index (κ2) is 5.79. The van der Waals surface area contributed by atoms with E-state index in [2.05, 4.69) is 0 Å². The number of hydrogen-bond acceptors (Lipinski definition) is 5. The average molecular weight is 271 g/mol. The summed E-state index contributed by atoms with van der Waals surface area (Å²) in [7, 11) is 0. The monoisotopic (exact) mass is 271 g/mol. The van der Waals surface area contributed by atoms with E-state index in [1.54, 1.807) is 11.8 Å². The fraction of sp³-hybridized carbons (Fsp3) is 0.769. The van der Waals surface area contributed by atoms with E-state index in [-0.39, 0.29) is 18.3 Å². The third-order valence-electron chi connectivity index (χ3n) is 3.66. The van der Waals surface area contributed by atoms with Crippen LogP contribution < -0.4 is 0 Å². The van der Waals surface area contributed by atoms with E-state index in [4.69, 9.17) is 9.47 Å². The van der Waals surface area contributed by atoms with Crippen LogP contribution in [0.25, 0.3) is 0 Å². The molecule has 0 aromatic rings. The van der Waals surface area contributed by atoms with E-state index in [9.17, 15) is 15.0 Å². The minimum absolute atomic E-state index is 0.195. The molecule has 1 unspecified atom stereocenters. The number of aliphatic hydroxyl groups is 2. The number of nitrogens with zero attached hydrogens (tertiary/aromatic N) is 1. The summed E-state index contributed by atoms with van der Waals surface area (Å²) >= 11 is 0. The van der Waals surface area contributed by atoms with E-state index < -0.39 is 5.60 Å². The molecule has 19 heavy (non-hydrogen) atoms. The summed E-state index contributed by atoms with van der Waals surface area (Å²) in [5.41, 5.74) is -1.07. The highest BCUT2D eigenvalue weighted by atomic mass is 16.6. The molecule has 0 aromatic heterocycles. The van der Waals surface area contributed by atoms with Gasteiger partial charge in [0.2, 0.25) is 5.76 Å². The topological polar surface area (TPSA) is 79.2 Å². The van der Waals surface area contributed by atoms with Gasteiger partial charge in [-0.3, -0.25) is 4.79 Å². The lowest BCUT2D eigenvalue weighted by atomic mass is 9.96. The summed E-state index contributed by atoms with van der Waals surface area (Å²) in [6, 6.07) is 0. The molecular formula is C13H21NO5. The maximum absolute atomic E-state index is 12.3. The molecule has 6 heteroatoms. The van der Waals surface area contributed by atoms with Crippen LogP contribution in [0.1, 0.15) is 26.2 Å². The van der Waals surface area contributed by atoms with Crippen molar-refractivity contribution >= 4 is 5.91 Å². The van der Waals surface area contributed by atoms with Gasteiger partial charge in [-0.2, -0.15) is 0 Å². The molecule has 2 aliphatic rings. The van der Waals surface area contributed by atoms with Crippen LogP contribution in [-0.4, -0.2) is 59.5 Å². The number of hydrogen-bond donors (Lipinski definition) is 2. The van der Waals surface area contributed by atoms with Crippen molar-refractivity contribution < 1.29 is 24.5 Å². The Morgan fingerprint density at radius 2 is 2.05 bits per heavy atom. The van der Waals surface area contributed by atoms with Crippen LogP contribution in [0.15, 0.2) is 11.5 Å². The molecule has 0 spiro atoms. The SMILES string of the molecule is CC1=C(C(=O)N2CCCC(O)(CO)CC2)OCCO1. The smallest absolute Gasteiger partial charge is 0.292 e. The van der Waals surface area contributed by atoms with Crippen molar-refractivity contribution in [1.82, 2.24) is 4.90 Å². The Balaban J connectivity index is 2.04. The van der Waals surface area contributed by atoms with E-state index in [0.717, 1.165) is 0 Å². The highest BCUT2D eigenvalue weighted by Crippen LogP contribution is 2.24. The molecular weight excluding hydrogens is 250 g/mol. The molecule has 0 saturated carbocycles. The molecule has 108 valence electrons. The Morgan fingerprint density at radius 3 is 2.74 bits per heavy atom. The molecule has 0 aliphatic carbocycles. The summed E-state index contributed by atoms with van der Waals surface area (Å²) in [4.78, 5) is 14.0. The lowest BCUT2D eigenvalue weighted by Crippen LogP contribution is -2.38. The first-order valence-corrected chi connectivity index (χ1v) is 6.65. The summed E-state index contributed by atoms with van der Waals surface area (Å²) in [5, 5.41) is 19.2. The minimum Gasteiger partial charge on any atom is -0.491 e. The minimum atomic E-state index is -1.07. The van der Waals surface area contributed by atoms with Crippen LogP contribution in [0.5, 0.6) is 0 Å². The number of carbonyl (C=O) groups is 1. The fourth-order valence-corrected chi connectivity index (χ4v) is 2.40. The van der Waals surface area contributed by atoms with Gasteiger partial charge in [0.25, 0.3) is 5.91 Å². The molecule has 2 aliphatic heterocycles. The van der Waals surface area contributed by atoms with E-state index in [1.807, 2.05) is 0 Å². The normalized spacial score (nSPS) is 28.5. The fourth-order valence-electron chi connectivity index (χ4n) is 2.40. The summed E-state index contributed by atoms with van der Waals surface area (Å²) in [5.74, 6) is 0.581. The third-order valence-corrected chi connectivity index (χ3v) is 3.66. The molecule has 2 rings (SSSR count). The van der Waals surface area contributed by atoms with Gasteiger partial charge >= 0.3 is 0 Å². The van der Waals surface area contributed by atoms with Crippen LogP contribution in [0.4, 0.5) is 0 Å². The molecule has 1 saturated heterocycles. The number of aliphatic hydroxyl groups excluding tert-OH is 1. The number of carbonyl (C=O) groups excluding carboxylic acids is 1. The molecule has 6 nitrogen and oxygen atoms in total. The Bertz CT molecular complexity index is 381. The first kappa shape index (κ1) is 14.1. The zero-order valence-corrected chi connectivity index (χ0v) is 11.2. The largest absolute Gasteiger partial charge is 0.491 e. The molecule has 0 radical (unpaired) electrons. The van der Waals surface area contributed by atoms with Crippen molar-refractivity contribution in [3.8, 4) is 0 Å². The van der Waals surface area contributed by atoms with Gasteiger partial charge in [0.1, 0.15) is 19.0 Å². The van der Waals surface area contributed by atoms with Gasteiger partial charge in [-0.25, -0.2) is 0 Å². The maximum atomic E-state index is 12.3. The molecule has 2 heterocycles. The van der Waals surface area contributed by atoms with Crippen molar-refractivity contribution in [2.24, 2.45) is 0 Å². The summed E-state index contributed by atoms with van der Waals surface area (Å²) < 4.78 is 10.7. The van der Waals surface area contributed by atoms with Crippen LogP contribution in [0, 0.1) is 0 Å². The Labute approximate surface area is 112 Å². The molecule has 0 aromatic carbocycles. The second-order valence-corrected chi connectivity index (χ2v) is 5.11. The first-order valence-electron chi connectivity index (χ1n) is 6.65. The van der Waals surface area contributed by atoms with Gasteiger partial charge in [-0.15, -0.1) is 0 Å². The van der Waals surface area contributed by atoms with Crippen molar-refractivity contribution in [1.29, 1.82) is 0 Å². The molecule has 1 fully saturated rings. The van der Waals surface area contributed by atoms with Gasteiger partial charge in [0, 0.05) is 13.1 Å².